The quantitative estimate of drug-likeness (QED) is 0.256. The van der Waals surface area contributed by atoms with E-state index in [0.29, 0.717) is 12.1 Å². The zero-order chi connectivity index (χ0) is 22.6. The summed E-state index contributed by atoms with van der Waals surface area (Å²) in [6.45, 7) is 10.4. The van der Waals surface area contributed by atoms with Crippen molar-refractivity contribution in [2.75, 3.05) is 0 Å². The Kier molecular flexibility index (Phi) is 7.34. The van der Waals surface area contributed by atoms with Gasteiger partial charge in [-0.3, -0.25) is 0 Å². The fraction of sp³-hybridized carbons (Fsp3) is 0.520. The number of allylic oxidation sites excluding steroid dienone is 4. The fourth-order valence-electron chi connectivity index (χ4n) is 4.52. The summed E-state index contributed by atoms with van der Waals surface area (Å²) in [7, 11) is 0. The Bertz CT molecular complexity index is 902. The van der Waals surface area contributed by atoms with Crippen molar-refractivity contribution >= 4 is 11.9 Å². The van der Waals surface area contributed by atoms with Gasteiger partial charge in [-0.25, -0.2) is 0 Å². The van der Waals surface area contributed by atoms with Crippen LogP contribution in [0, 0.1) is 5.92 Å². The molecule has 0 aromatic carbocycles. The van der Waals surface area contributed by atoms with Gasteiger partial charge in [0.25, 0.3) is 0 Å². The van der Waals surface area contributed by atoms with Gasteiger partial charge in [0.05, 0.1) is 24.1 Å². The van der Waals surface area contributed by atoms with Gasteiger partial charge in [0.1, 0.15) is 0 Å². The molecule has 0 saturated carbocycles. The van der Waals surface area contributed by atoms with Crippen LogP contribution in [0.2, 0.25) is 0 Å². The molecule has 2 heterocycles. The van der Waals surface area contributed by atoms with Gasteiger partial charge in [-0.15, -0.1) is 0 Å². The molecule has 1 spiro atoms. The van der Waals surface area contributed by atoms with Crippen LogP contribution in [0.4, 0.5) is 0 Å². The first-order chi connectivity index (χ1) is 14.7. The highest BCUT2D eigenvalue weighted by molar-refractivity contribution is 6.01. The lowest BCUT2D eigenvalue weighted by atomic mass is 9.78. The molecule has 6 nitrogen and oxygen atoms in total. The van der Waals surface area contributed by atoms with Crippen LogP contribution in [0.15, 0.2) is 68.6 Å². The zero-order valence-electron chi connectivity index (χ0n) is 19.1. The predicted molar refractivity (Wildman–Crippen MR) is 123 cm³/mol. The van der Waals surface area contributed by atoms with E-state index in [0.717, 1.165) is 30.4 Å². The number of hydrogen-bond acceptors (Lipinski definition) is 6. The number of rotatable bonds is 5. The van der Waals surface area contributed by atoms with Gasteiger partial charge >= 0.3 is 0 Å². The first-order valence-electron chi connectivity index (χ1n) is 10.9. The van der Waals surface area contributed by atoms with E-state index in [1.54, 1.807) is 0 Å². The Labute approximate surface area is 185 Å². The van der Waals surface area contributed by atoms with E-state index in [-0.39, 0.29) is 18.1 Å². The monoisotopic (exact) mass is 426 g/mol. The molecule has 168 valence electrons. The van der Waals surface area contributed by atoms with Crippen LogP contribution < -0.4 is 0 Å². The molecule has 0 amide bonds. The van der Waals surface area contributed by atoms with Crippen molar-refractivity contribution in [3.05, 3.63) is 58.2 Å². The van der Waals surface area contributed by atoms with Gasteiger partial charge in [-0.2, -0.15) is 0 Å². The number of hydrogen-bond donors (Lipinski definition) is 2. The Morgan fingerprint density at radius 2 is 1.94 bits per heavy atom. The van der Waals surface area contributed by atoms with Crippen LogP contribution >= 0.6 is 0 Å². The smallest absolute Gasteiger partial charge is 0.209 e. The highest BCUT2D eigenvalue weighted by atomic mass is 16.7. The summed E-state index contributed by atoms with van der Waals surface area (Å²) < 4.78 is 13.0. The third-order valence-corrected chi connectivity index (χ3v) is 5.99. The minimum Gasteiger partial charge on any atom is -0.411 e. The van der Waals surface area contributed by atoms with Crippen LogP contribution in [0.1, 0.15) is 60.3 Å². The van der Waals surface area contributed by atoms with E-state index in [2.05, 4.69) is 50.2 Å². The molecule has 0 radical (unpaired) electrons. The largest absolute Gasteiger partial charge is 0.411 e. The number of nitrogens with zero attached hydrogens (tertiary/aromatic N) is 2. The molecule has 0 saturated heterocycles. The molecule has 3 aliphatic rings. The van der Waals surface area contributed by atoms with Crippen LogP contribution in [0.25, 0.3) is 0 Å². The minimum absolute atomic E-state index is 0.0972. The van der Waals surface area contributed by atoms with Gasteiger partial charge in [-0.1, -0.05) is 45.3 Å². The van der Waals surface area contributed by atoms with Crippen molar-refractivity contribution in [2.24, 2.45) is 16.2 Å². The van der Waals surface area contributed by atoms with Crippen LogP contribution in [-0.2, 0) is 9.47 Å². The minimum atomic E-state index is -1.02. The molecule has 3 rings (SSSR count). The second-order valence-electron chi connectivity index (χ2n) is 9.08. The standard InChI is InChI=1S/C25H34N2O4/c1-16(2)7-6-8-17(3)9-21-10-18(4)13-25(30-21)14-20(15-26-28)22-12-23(27-29)19(5)11-24(22)31-25/h7,9,11,13-15,21-22,24,28-29H,6,8,10,12H2,1-5H3/b17-9+,26-15+,27-23-/t21-,22-,24-,25+/m1/s1. The number of ether oxygens (including phenoxy) is 2. The maximum absolute atomic E-state index is 9.31. The van der Waals surface area contributed by atoms with Crippen molar-refractivity contribution in [3.63, 3.8) is 0 Å². The molecular formula is C25H34N2O4. The van der Waals surface area contributed by atoms with Gasteiger partial charge in [-0.05, 0) is 77.2 Å². The average Bonchev–Trinajstić information content (AvgIpc) is 2.66. The average molecular weight is 427 g/mol. The summed E-state index contributed by atoms with van der Waals surface area (Å²) >= 11 is 0. The van der Waals surface area contributed by atoms with E-state index >= 15 is 0 Å². The molecule has 0 fully saturated rings. The fourth-order valence-corrected chi connectivity index (χ4v) is 4.52. The van der Waals surface area contributed by atoms with E-state index in [1.165, 1.54) is 22.9 Å². The van der Waals surface area contributed by atoms with Gasteiger partial charge in [0.2, 0.25) is 5.79 Å². The Balaban J connectivity index is 1.89. The van der Waals surface area contributed by atoms with Crippen molar-refractivity contribution in [2.45, 2.75) is 78.3 Å². The van der Waals surface area contributed by atoms with Crippen LogP contribution in [0.3, 0.4) is 0 Å². The van der Waals surface area contributed by atoms with Crippen molar-refractivity contribution < 1.29 is 19.9 Å². The Hall–Kier alpha value is -2.44. The topological polar surface area (TPSA) is 83.6 Å². The third-order valence-electron chi connectivity index (χ3n) is 5.99. The highest BCUT2D eigenvalue weighted by Crippen LogP contribution is 2.42. The molecule has 31 heavy (non-hydrogen) atoms. The summed E-state index contributed by atoms with van der Waals surface area (Å²) in [5.74, 6) is -1.12. The maximum Gasteiger partial charge on any atom is 0.209 e. The maximum atomic E-state index is 9.31. The lowest BCUT2D eigenvalue weighted by Gasteiger charge is -2.45. The molecule has 0 aromatic heterocycles. The number of fused-ring (bicyclic) bond motifs is 1. The third kappa shape index (κ3) is 5.63. The first kappa shape index (κ1) is 23.2. The van der Waals surface area contributed by atoms with E-state index in [9.17, 15) is 10.4 Å². The van der Waals surface area contributed by atoms with Gasteiger partial charge in [0.15, 0.2) is 0 Å². The molecule has 0 unspecified atom stereocenters. The van der Waals surface area contributed by atoms with Crippen molar-refractivity contribution in [1.82, 2.24) is 0 Å². The molecule has 0 bridgehead atoms. The van der Waals surface area contributed by atoms with Crippen molar-refractivity contribution in [1.29, 1.82) is 0 Å². The molecular weight excluding hydrogens is 392 g/mol. The molecule has 2 N–H and O–H groups in total. The summed E-state index contributed by atoms with van der Waals surface area (Å²) in [4.78, 5) is 0. The summed E-state index contributed by atoms with van der Waals surface area (Å²) in [6, 6.07) is 0. The van der Waals surface area contributed by atoms with Gasteiger partial charge in [0, 0.05) is 12.3 Å². The number of oxime groups is 2. The van der Waals surface area contributed by atoms with Crippen LogP contribution in [0.5, 0.6) is 0 Å². The lowest BCUT2D eigenvalue weighted by molar-refractivity contribution is -0.222. The Morgan fingerprint density at radius 3 is 2.61 bits per heavy atom. The lowest BCUT2D eigenvalue weighted by Crippen LogP contribution is -2.48. The molecule has 0 aromatic rings. The molecule has 4 atom stereocenters. The van der Waals surface area contributed by atoms with Gasteiger partial charge < -0.3 is 19.9 Å². The molecule has 1 aliphatic carbocycles. The summed E-state index contributed by atoms with van der Waals surface area (Å²) in [6.07, 6.45) is 14.7. The van der Waals surface area contributed by atoms with E-state index in [1.807, 2.05) is 25.2 Å². The molecule has 2 aliphatic heterocycles. The van der Waals surface area contributed by atoms with E-state index < -0.39 is 5.79 Å². The summed E-state index contributed by atoms with van der Waals surface area (Å²) in [5.41, 5.74) is 6.11. The van der Waals surface area contributed by atoms with E-state index in [4.69, 9.17) is 9.47 Å². The second kappa shape index (κ2) is 9.79. The SMILES string of the molecule is CC(C)=CCC/C(C)=C/[C@@H]1CC(C)=C[C@]2(C=C(/C=N/O)[C@H]3C/C(=N/O)C(C)=C[C@H]3O2)O1. The predicted octanol–water partition coefficient (Wildman–Crippen LogP) is 5.69. The normalized spacial score (nSPS) is 32.5. The Morgan fingerprint density at radius 1 is 1.16 bits per heavy atom. The molecule has 6 heteroatoms. The van der Waals surface area contributed by atoms with Crippen LogP contribution in [-0.4, -0.2) is 40.3 Å². The zero-order valence-corrected chi connectivity index (χ0v) is 19.1. The van der Waals surface area contributed by atoms with Crippen molar-refractivity contribution in [3.8, 4) is 0 Å². The first-order valence-corrected chi connectivity index (χ1v) is 10.9. The highest BCUT2D eigenvalue weighted by Gasteiger charge is 2.45. The second-order valence-corrected chi connectivity index (χ2v) is 9.08. The summed E-state index contributed by atoms with van der Waals surface area (Å²) in [5, 5.41) is 25.2.